The number of carbonyl (C=O) groups is 1. The van der Waals surface area contributed by atoms with Gasteiger partial charge in [-0.15, -0.1) is 0 Å². The molecule has 0 spiro atoms. The van der Waals surface area contributed by atoms with Crippen LogP contribution in [-0.2, 0) is 4.79 Å². The van der Waals surface area contributed by atoms with Gasteiger partial charge in [0.25, 0.3) is 0 Å². The lowest BCUT2D eigenvalue weighted by atomic mass is 10.0. The summed E-state index contributed by atoms with van der Waals surface area (Å²) in [5, 5.41) is 0. The van der Waals surface area contributed by atoms with Crippen molar-refractivity contribution < 1.29 is 18.0 Å². The Balaban J connectivity index is 2.52. The van der Waals surface area contributed by atoms with Crippen molar-refractivity contribution in [2.24, 2.45) is 11.7 Å². The maximum atomic E-state index is 12.6. The molecule has 0 saturated carbocycles. The van der Waals surface area contributed by atoms with Crippen LogP contribution in [0.2, 0.25) is 0 Å². The van der Waals surface area contributed by atoms with Crippen LogP contribution in [0.3, 0.4) is 0 Å². The molecule has 112 valence electrons. The third-order valence-electron chi connectivity index (χ3n) is 3.83. The summed E-state index contributed by atoms with van der Waals surface area (Å²) in [7, 11) is 0. The third-order valence-corrected chi connectivity index (χ3v) is 3.83. The number of alkyl halides is 3. The summed E-state index contributed by atoms with van der Waals surface area (Å²) in [5.41, 5.74) is 5.67. The van der Waals surface area contributed by atoms with Gasteiger partial charge in [0.15, 0.2) is 0 Å². The highest BCUT2D eigenvalue weighted by molar-refractivity contribution is 5.79. The monoisotopic (exact) mass is 281 g/mol. The normalized spacial score (nSPS) is 23.0. The molecule has 4 nitrogen and oxygen atoms in total. The van der Waals surface area contributed by atoms with Crippen molar-refractivity contribution >= 4 is 5.91 Å². The number of hydrogen-bond donors (Lipinski definition) is 1. The molecule has 1 saturated heterocycles. The van der Waals surface area contributed by atoms with Gasteiger partial charge in [-0.1, -0.05) is 6.92 Å². The molecule has 0 aromatic carbocycles. The smallest absolute Gasteiger partial charge is 0.340 e. The lowest BCUT2D eigenvalue weighted by Crippen LogP contribution is -2.56. The summed E-state index contributed by atoms with van der Waals surface area (Å²) >= 11 is 0. The minimum atomic E-state index is -4.22. The van der Waals surface area contributed by atoms with E-state index in [1.54, 1.807) is 18.7 Å². The summed E-state index contributed by atoms with van der Waals surface area (Å²) in [4.78, 5) is 15.0. The average Bonchev–Trinajstić information content (AvgIpc) is 2.35. The standard InChI is InChI=1S/C12H22F3N3O/c1-8(9(2)16)11(19)18-6-4-17(5-7-18)10(3)12(13,14)15/h8-10H,4-7,16H2,1-3H3. The van der Waals surface area contributed by atoms with Crippen LogP contribution in [0.4, 0.5) is 13.2 Å². The van der Waals surface area contributed by atoms with E-state index in [9.17, 15) is 18.0 Å². The molecule has 0 radical (unpaired) electrons. The number of amides is 1. The van der Waals surface area contributed by atoms with E-state index >= 15 is 0 Å². The number of halogens is 3. The van der Waals surface area contributed by atoms with Crippen molar-refractivity contribution in [3.63, 3.8) is 0 Å². The molecule has 3 unspecified atom stereocenters. The number of piperazine rings is 1. The third kappa shape index (κ3) is 4.07. The largest absolute Gasteiger partial charge is 0.403 e. The van der Waals surface area contributed by atoms with Crippen LogP contribution in [0.15, 0.2) is 0 Å². The molecular formula is C12H22F3N3O. The van der Waals surface area contributed by atoms with Gasteiger partial charge in [0.1, 0.15) is 6.04 Å². The minimum Gasteiger partial charge on any atom is -0.340 e. The summed E-state index contributed by atoms with van der Waals surface area (Å²) in [6.07, 6.45) is -4.22. The highest BCUT2D eigenvalue weighted by atomic mass is 19.4. The van der Waals surface area contributed by atoms with Gasteiger partial charge in [-0.3, -0.25) is 9.69 Å². The van der Waals surface area contributed by atoms with Crippen molar-refractivity contribution in [2.75, 3.05) is 26.2 Å². The first-order valence-corrected chi connectivity index (χ1v) is 6.49. The Morgan fingerprint density at radius 3 is 1.95 bits per heavy atom. The summed E-state index contributed by atoms with van der Waals surface area (Å²) in [6, 6.07) is -1.71. The van der Waals surface area contributed by atoms with Crippen molar-refractivity contribution in [1.82, 2.24) is 9.80 Å². The Hall–Kier alpha value is -0.820. The maximum Gasteiger partial charge on any atom is 0.403 e. The molecule has 7 heteroatoms. The zero-order valence-electron chi connectivity index (χ0n) is 11.6. The quantitative estimate of drug-likeness (QED) is 0.841. The van der Waals surface area contributed by atoms with Crippen molar-refractivity contribution in [2.45, 2.75) is 39.0 Å². The Labute approximate surface area is 111 Å². The first-order chi connectivity index (χ1) is 8.64. The van der Waals surface area contributed by atoms with Crippen molar-refractivity contribution in [3.8, 4) is 0 Å². The van der Waals surface area contributed by atoms with Crippen LogP contribution in [0.25, 0.3) is 0 Å². The zero-order chi connectivity index (χ0) is 14.8. The van der Waals surface area contributed by atoms with Crippen molar-refractivity contribution in [3.05, 3.63) is 0 Å². The number of carbonyl (C=O) groups excluding carboxylic acids is 1. The van der Waals surface area contributed by atoms with E-state index in [-0.39, 0.29) is 31.0 Å². The van der Waals surface area contributed by atoms with Gasteiger partial charge in [0.2, 0.25) is 5.91 Å². The fourth-order valence-corrected chi connectivity index (χ4v) is 2.05. The summed E-state index contributed by atoms with van der Waals surface area (Å²) in [6.45, 7) is 5.81. The molecule has 1 aliphatic heterocycles. The van der Waals surface area contributed by atoms with Crippen molar-refractivity contribution in [1.29, 1.82) is 0 Å². The van der Waals surface area contributed by atoms with Gasteiger partial charge in [-0.05, 0) is 13.8 Å². The second kappa shape index (κ2) is 6.09. The van der Waals surface area contributed by atoms with Gasteiger partial charge in [-0.2, -0.15) is 13.2 Å². The van der Waals surface area contributed by atoms with Gasteiger partial charge in [-0.25, -0.2) is 0 Å². The first-order valence-electron chi connectivity index (χ1n) is 6.49. The van der Waals surface area contributed by atoms with Crippen LogP contribution in [0, 0.1) is 5.92 Å². The zero-order valence-corrected chi connectivity index (χ0v) is 11.6. The van der Waals surface area contributed by atoms with Crippen LogP contribution < -0.4 is 5.73 Å². The summed E-state index contributed by atoms with van der Waals surface area (Å²) in [5.74, 6) is -0.374. The molecule has 0 aliphatic carbocycles. The fourth-order valence-electron chi connectivity index (χ4n) is 2.05. The average molecular weight is 281 g/mol. The maximum absolute atomic E-state index is 12.6. The van der Waals surface area contributed by atoms with Crippen LogP contribution in [-0.4, -0.2) is 60.1 Å². The Kier molecular flexibility index (Phi) is 5.20. The number of nitrogens with zero attached hydrogens (tertiary/aromatic N) is 2. The van der Waals surface area contributed by atoms with Crippen LogP contribution in [0.1, 0.15) is 20.8 Å². The summed E-state index contributed by atoms with van der Waals surface area (Å²) < 4.78 is 37.8. The number of hydrogen-bond acceptors (Lipinski definition) is 3. The second-order valence-corrected chi connectivity index (χ2v) is 5.23. The molecule has 0 aromatic rings. The fraction of sp³-hybridized carbons (Fsp3) is 0.917. The molecule has 2 N–H and O–H groups in total. The minimum absolute atomic E-state index is 0.0747. The molecule has 1 heterocycles. The van der Waals surface area contributed by atoms with E-state index in [1.165, 1.54) is 4.90 Å². The van der Waals surface area contributed by atoms with E-state index in [0.717, 1.165) is 6.92 Å². The Bertz CT molecular complexity index is 312. The highest BCUT2D eigenvalue weighted by Crippen LogP contribution is 2.25. The number of rotatable bonds is 3. The number of nitrogens with two attached hydrogens (primary N) is 1. The van der Waals surface area contributed by atoms with Gasteiger partial charge < -0.3 is 10.6 Å². The second-order valence-electron chi connectivity index (χ2n) is 5.23. The van der Waals surface area contributed by atoms with E-state index in [1.807, 2.05) is 0 Å². The molecule has 1 rings (SSSR count). The molecule has 0 bridgehead atoms. The highest BCUT2D eigenvalue weighted by Gasteiger charge is 2.41. The van der Waals surface area contributed by atoms with E-state index in [4.69, 9.17) is 5.73 Å². The van der Waals surface area contributed by atoms with Crippen LogP contribution in [0.5, 0.6) is 0 Å². The Morgan fingerprint density at radius 2 is 1.58 bits per heavy atom. The van der Waals surface area contributed by atoms with E-state index < -0.39 is 12.2 Å². The first kappa shape index (κ1) is 16.2. The van der Waals surface area contributed by atoms with Crippen LogP contribution >= 0.6 is 0 Å². The Morgan fingerprint density at radius 1 is 1.11 bits per heavy atom. The molecule has 3 atom stereocenters. The lowest BCUT2D eigenvalue weighted by Gasteiger charge is -2.39. The molecule has 1 fully saturated rings. The molecule has 19 heavy (non-hydrogen) atoms. The predicted octanol–water partition coefficient (Wildman–Crippen LogP) is 1.06. The predicted molar refractivity (Wildman–Crippen MR) is 66.5 cm³/mol. The topological polar surface area (TPSA) is 49.6 Å². The van der Waals surface area contributed by atoms with Gasteiger partial charge in [0.05, 0.1) is 5.92 Å². The molecule has 1 aliphatic rings. The van der Waals surface area contributed by atoms with E-state index in [0.29, 0.717) is 13.1 Å². The van der Waals surface area contributed by atoms with Gasteiger partial charge in [0, 0.05) is 32.2 Å². The SMILES string of the molecule is CC(N)C(C)C(=O)N1CCN(C(C)C(F)(F)F)CC1. The lowest BCUT2D eigenvalue weighted by molar-refractivity contribution is -0.183. The van der Waals surface area contributed by atoms with Gasteiger partial charge >= 0.3 is 6.18 Å². The molecular weight excluding hydrogens is 259 g/mol. The van der Waals surface area contributed by atoms with E-state index in [2.05, 4.69) is 0 Å². The molecule has 1 amide bonds. The molecule has 0 aromatic heterocycles.